The van der Waals surface area contributed by atoms with Gasteiger partial charge in [0.2, 0.25) is 0 Å². The molecule has 0 saturated carbocycles. The summed E-state index contributed by atoms with van der Waals surface area (Å²) in [6.45, 7) is 1.98. The molecule has 108 valence electrons. The Morgan fingerprint density at radius 1 is 1.10 bits per heavy atom. The zero-order valence-corrected chi connectivity index (χ0v) is 12.3. The maximum Gasteiger partial charge on any atom is 0.173 e. The molecule has 1 aromatic carbocycles. The Bertz CT molecular complexity index is 697. The fourth-order valence-electron chi connectivity index (χ4n) is 2.99. The quantitative estimate of drug-likeness (QED) is 0.869. The van der Waals surface area contributed by atoms with Gasteiger partial charge in [-0.15, -0.1) is 0 Å². The first-order chi connectivity index (χ1) is 10.1. The van der Waals surface area contributed by atoms with Gasteiger partial charge in [0.15, 0.2) is 17.3 Å². The van der Waals surface area contributed by atoms with Crippen LogP contribution in [0.3, 0.4) is 0 Å². The highest BCUT2D eigenvalue weighted by molar-refractivity contribution is 6.08. The van der Waals surface area contributed by atoms with Gasteiger partial charge in [0.25, 0.3) is 0 Å². The lowest BCUT2D eigenvalue weighted by molar-refractivity contribution is 0.0915. The topological polar surface area (TPSA) is 48.4 Å². The molecule has 0 amide bonds. The van der Waals surface area contributed by atoms with Crippen LogP contribution in [-0.4, -0.2) is 25.0 Å². The van der Waals surface area contributed by atoms with Crippen molar-refractivity contribution in [2.24, 2.45) is 0 Å². The number of carbonyl (C=O) groups excluding carboxylic acids is 1. The van der Waals surface area contributed by atoms with Gasteiger partial charge in [-0.25, -0.2) is 0 Å². The van der Waals surface area contributed by atoms with Crippen molar-refractivity contribution in [3.63, 3.8) is 0 Å². The van der Waals surface area contributed by atoms with E-state index in [1.54, 1.807) is 32.7 Å². The fourth-order valence-corrected chi connectivity index (χ4v) is 2.99. The molecular weight excluding hydrogens is 266 g/mol. The minimum Gasteiger partial charge on any atom is -0.493 e. The summed E-state index contributed by atoms with van der Waals surface area (Å²) < 4.78 is 10.6. The van der Waals surface area contributed by atoms with Gasteiger partial charge >= 0.3 is 0 Å². The first kappa shape index (κ1) is 13.6. The van der Waals surface area contributed by atoms with Crippen LogP contribution >= 0.6 is 0 Å². The Kier molecular flexibility index (Phi) is 3.16. The normalized spacial score (nSPS) is 20.2. The van der Waals surface area contributed by atoms with Crippen LogP contribution < -0.4 is 9.47 Å². The molecule has 2 aromatic rings. The van der Waals surface area contributed by atoms with E-state index in [2.05, 4.69) is 4.98 Å². The molecule has 1 heterocycles. The van der Waals surface area contributed by atoms with Crippen LogP contribution in [0.2, 0.25) is 0 Å². The van der Waals surface area contributed by atoms with E-state index in [4.69, 9.17) is 9.47 Å². The Hall–Kier alpha value is -2.36. The van der Waals surface area contributed by atoms with E-state index in [-0.39, 0.29) is 5.78 Å². The second kappa shape index (κ2) is 4.88. The SMILES string of the molecule is COc1cc2c(cc1OC)C(=O)C(C)(c1ccncc1)C2. The third-order valence-corrected chi connectivity index (χ3v) is 4.22. The van der Waals surface area contributed by atoms with Gasteiger partial charge < -0.3 is 9.47 Å². The molecule has 0 N–H and O–H groups in total. The van der Waals surface area contributed by atoms with Gasteiger partial charge in [0, 0.05) is 18.0 Å². The van der Waals surface area contributed by atoms with Crippen molar-refractivity contribution < 1.29 is 14.3 Å². The molecule has 4 nitrogen and oxygen atoms in total. The van der Waals surface area contributed by atoms with E-state index in [0.717, 1.165) is 11.1 Å². The summed E-state index contributed by atoms with van der Waals surface area (Å²) in [6.07, 6.45) is 4.10. The number of nitrogens with zero attached hydrogens (tertiary/aromatic N) is 1. The monoisotopic (exact) mass is 283 g/mol. The Morgan fingerprint density at radius 2 is 1.71 bits per heavy atom. The second-order valence-corrected chi connectivity index (χ2v) is 5.44. The van der Waals surface area contributed by atoms with E-state index in [9.17, 15) is 4.79 Å². The van der Waals surface area contributed by atoms with Crippen LogP contribution in [-0.2, 0) is 11.8 Å². The number of rotatable bonds is 3. The van der Waals surface area contributed by atoms with E-state index >= 15 is 0 Å². The summed E-state index contributed by atoms with van der Waals surface area (Å²) in [5.41, 5.74) is 2.14. The number of fused-ring (bicyclic) bond motifs is 1. The molecule has 4 heteroatoms. The summed E-state index contributed by atoms with van der Waals surface area (Å²) in [5, 5.41) is 0. The molecule has 1 atom stereocenters. The standard InChI is InChI=1S/C17H17NO3/c1-17(12-4-6-18-7-5-12)10-11-8-14(20-2)15(21-3)9-13(11)16(17)19/h4-9H,10H2,1-3H3. The highest BCUT2D eigenvalue weighted by Crippen LogP contribution is 2.43. The van der Waals surface area contributed by atoms with Gasteiger partial charge in [-0.2, -0.15) is 0 Å². The van der Waals surface area contributed by atoms with Crippen LogP contribution in [0.25, 0.3) is 0 Å². The van der Waals surface area contributed by atoms with Gasteiger partial charge in [-0.1, -0.05) is 0 Å². The van der Waals surface area contributed by atoms with Crippen molar-refractivity contribution in [1.29, 1.82) is 0 Å². The number of ether oxygens (including phenoxy) is 2. The van der Waals surface area contributed by atoms with Gasteiger partial charge in [-0.3, -0.25) is 9.78 Å². The number of aromatic nitrogens is 1. The number of carbonyl (C=O) groups is 1. The Balaban J connectivity index is 2.10. The van der Waals surface area contributed by atoms with Crippen molar-refractivity contribution in [2.75, 3.05) is 14.2 Å². The van der Waals surface area contributed by atoms with Crippen molar-refractivity contribution in [1.82, 2.24) is 4.98 Å². The summed E-state index contributed by atoms with van der Waals surface area (Å²) in [5.74, 6) is 1.36. The molecule has 0 saturated heterocycles. The van der Waals surface area contributed by atoms with E-state index in [1.807, 2.05) is 25.1 Å². The average Bonchev–Trinajstić information content (AvgIpc) is 2.79. The van der Waals surface area contributed by atoms with E-state index in [0.29, 0.717) is 23.5 Å². The first-order valence-corrected chi connectivity index (χ1v) is 6.80. The molecule has 1 aliphatic carbocycles. The molecule has 3 rings (SSSR count). The summed E-state index contributed by atoms with van der Waals surface area (Å²) in [7, 11) is 3.18. The average molecular weight is 283 g/mol. The van der Waals surface area contributed by atoms with E-state index in [1.165, 1.54) is 0 Å². The minimum absolute atomic E-state index is 0.115. The molecule has 1 unspecified atom stereocenters. The lowest BCUT2D eigenvalue weighted by Gasteiger charge is -2.22. The molecular formula is C17H17NO3. The zero-order valence-electron chi connectivity index (χ0n) is 12.3. The summed E-state index contributed by atoms with van der Waals surface area (Å²) in [4.78, 5) is 16.9. The minimum atomic E-state index is -0.553. The van der Waals surface area contributed by atoms with Crippen molar-refractivity contribution >= 4 is 5.78 Å². The predicted molar refractivity (Wildman–Crippen MR) is 79.2 cm³/mol. The second-order valence-electron chi connectivity index (χ2n) is 5.44. The molecule has 0 aliphatic heterocycles. The predicted octanol–water partition coefficient (Wildman–Crippen LogP) is 2.80. The van der Waals surface area contributed by atoms with Crippen LogP contribution in [0.4, 0.5) is 0 Å². The molecule has 0 spiro atoms. The van der Waals surface area contributed by atoms with Crippen LogP contribution in [0.1, 0.15) is 28.4 Å². The van der Waals surface area contributed by atoms with Crippen LogP contribution in [0.5, 0.6) is 11.5 Å². The smallest absolute Gasteiger partial charge is 0.173 e. The molecule has 0 radical (unpaired) electrons. The lowest BCUT2D eigenvalue weighted by atomic mass is 9.79. The van der Waals surface area contributed by atoms with Gasteiger partial charge in [-0.05, 0) is 48.7 Å². The maximum atomic E-state index is 12.9. The van der Waals surface area contributed by atoms with Crippen molar-refractivity contribution in [3.8, 4) is 11.5 Å². The summed E-state index contributed by atoms with van der Waals surface area (Å²) >= 11 is 0. The molecule has 1 aliphatic rings. The molecule has 0 fully saturated rings. The van der Waals surface area contributed by atoms with Crippen molar-refractivity contribution in [3.05, 3.63) is 53.3 Å². The fraction of sp³-hybridized carbons (Fsp3) is 0.294. The third kappa shape index (κ3) is 1.98. The molecule has 21 heavy (non-hydrogen) atoms. The largest absolute Gasteiger partial charge is 0.493 e. The van der Waals surface area contributed by atoms with Crippen LogP contribution in [0, 0.1) is 0 Å². The lowest BCUT2D eigenvalue weighted by Crippen LogP contribution is -2.29. The molecule has 1 aromatic heterocycles. The number of hydrogen-bond donors (Lipinski definition) is 0. The number of benzene rings is 1. The number of hydrogen-bond acceptors (Lipinski definition) is 4. The Morgan fingerprint density at radius 3 is 2.33 bits per heavy atom. The number of methoxy groups -OCH3 is 2. The molecule has 0 bridgehead atoms. The van der Waals surface area contributed by atoms with Crippen LogP contribution in [0.15, 0.2) is 36.7 Å². The maximum absolute atomic E-state index is 12.9. The number of Topliss-reactive ketones (excluding diaryl/α,β-unsaturated/α-hetero) is 1. The highest BCUT2D eigenvalue weighted by Gasteiger charge is 2.43. The van der Waals surface area contributed by atoms with Crippen molar-refractivity contribution in [2.45, 2.75) is 18.8 Å². The zero-order chi connectivity index (χ0) is 15.0. The van der Waals surface area contributed by atoms with Gasteiger partial charge in [0.05, 0.1) is 19.6 Å². The summed E-state index contributed by atoms with van der Waals surface area (Å²) in [6, 6.07) is 7.48. The van der Waals surface area contributed by atoms with E-state index < -0.39 is 5.41 Å². The highest BCUT2D eigenvalue weighted by atomic mass is 16.5. The van der Waals surface area contributed by atoms with Gasteiger partial charge in [0.1, 0.15) is 0 Å². The third-order valence-electron chi connectivity index (χ3n) is 4.22. The first-order valence-electron chi connectivity index (χ1n) is 6.80. The number of pyridine rings is 1. The number of ketones is 1. The Labute approximate surface area is 123 Å².